The molecule has 1 fully saturated rings. The van der Waals surface area contributed by atoms with E-state index in [1.54, 1.807) is 24.5 Å². The molecule has 0 unspecified atom stereocenters. The Morgan fingerprint density at radius 2 is 1.94 bits per heavy atom. The monoisotopic (exact) mass is 467 g/mol. The number of carbonyl (C=O) groups excluding carboxylic acids is 2. The van der Waals surface area contributed by atoms with Gasteiger partial charge in [-0.1, -0.05) is 50.6 Å². The zero-order valence-electron chi connectivity index (χ0n) is 18.9. The lowest BCUT2D eigenvalue weighted by Crippen LogP contribution is -2.33. The van der Waals surface area contributed by atoms with Crippen LogP contribution in [-0.4, -0.2) is 38.4 Å². The van der Waals surface area contributed by atoms with Crippen LogP contribution in [0.1, 0.15) is 49.9 Å². The quantitative estimate of drug-likeness (QED) is 0.446. The highest BCUT2D eigenvalue weighted by molar-refractivity contribution is 7.99. The van der Waals surface area contributed by atoms with E-state index in [1.807, 2.05) is 22.8 Å². The van der Waals surface area contributed by atoms with E-state index in [0.717, 1.165) is 25.7 Å². The van der Waals surface area contributed by atoms with E-state index in [4.69, 9.17) is 4.42 Å². The van der Waals surface area contributed by atoms with Gasteiger partial charge in [-0.25, -0.2) is 0 Å². The molecule has 0 atom stereocenters. The molecular weight excluding hydrogens is 438 g/mol. The lowest BCUT2D eigenvalue weighted by molar-refractivity contribution is -0.113. The molecule has 33 heavy (non-hydrogen) atoms. The third kappa shape index (κ3) is 5.84. The molecule has 2 N–H and O–H groups in total. The number of amides is 2. The highest BCUT2D eigenvalue weighted by Crippen LogP contribution is 2.26. The van der Waals surface area contributed by atoms with Crippen molar-refractivity contribution in [2.45, 2.75) is 57.3 Å². The van der Waals surface area contributed by atoms with Crippen molar-refractivity contribution in [1.29, 1.82) is 0 Å². The van der Waals surface area contributed by atoms with E-state index in [-0.39, 0.29) is 23.6 Å². The fourth-order valence-electron chi connectivity index (χ4n) is 3.95. The predicted octanol–water partition coefficient (Wildman–Crippen LogP) is 4.60. The minimum absolute atomic E-state index is 0.146. The van der Waals surface area contributed by atoms with E-state index < -0.39 is 0 Å². The van der Waals surface area contributed by atoms with Gasteiger partial charge in [-0.3, -0.25) is 14.2 Å². The summed E-state index contributed by atoms with van der Waals surface area (Å²) >= 11 is 1.31. The average molecular weight is 468 g/mol. The molecule has 1 saturated carbocycles. The minimum Gasteiger partial charge on any atom is -0.461 e. The molecule has 174 valence electrons. The first-order chi connectivity index (χ1) is 16.0. The van der Waals surface area contributed by atoms with Crippen LogP contribution in [0.15, 0.2) is 52.2 Å². The van der Waals surface area contributed by atoms with Gasteiger partial charge < -0.3 is 15.1 Å². The van der Waals surface area contributed by atoms with Gasteiger partial charge in [0.2, 0.25) is 5.91 Å². The highest BCUT2D eigenvalue weighted by atomic mass is 32.2. The molecule has 0 radical (unpaired) electrons. The van der Waals surface area contributed by atoms with Crippen molar-refractivity contribution in [1.82, 2.24) is 20.1 Å². The molecule has 1 aliphatic carbocycles. The van der Waals surface area contributed by atoms with Crippen LogP contribution in [0.3, 0.4) is 0 Å². The Kier molecular flexibility index (Phi) is 7.49. The van der Waals surface area contributed by atoms with Gasteiger partial charge in [0, 0.05) is 12.6 Å². The molecule has 3 aromatic rings. The first-order valence-electron chi connectivity index (χ1n) is 11.3. The Morgan fingerprint density at radius 1 is 1.15 bits per heavy atom. The molecule has 1 aromatic carbocycles. The lowest BCUT2D eigenvalue weighted by Gasteiger charge is -2.15. The van der Waals surface area contributed by atoms with Crippen molar-refractivity contribution in [3.05, 3.63) is 48.2 Å². The summed E-state index contributed by atoms with van der Waals surface area (Å²) in [6, 6.07) is 11.0. The molecule has 0 spiro atoms. The topological polar surface area (TPSA) is 102 Å². The summed E-state index contributed by atoms with van der Waals surface area (Å²) in [4.78, 5) is 25.5. The van der Waals surface area contributed by atoms with Gasteiger partial charge in [-0.15, -0.1) is 10.2 Å². The van der Waals surface area contributed by atoms with E-state index in [2.05, 4.69) is 34.7 Å². The zero-order valence-corrected chi connectivity index (χ0v) is 19.7. The minimum atomic E-state index is -0.209. The maximum atomic E-state index is 12.7. The standard InChI is InChI=1S/C24H29N5O3S/c1-16(2)14-29-22(20-12-7-13-32-20)27-28-24(29)33-15-21(30)26-19-11-6-5-10-18(19)23(31)25-17-8-3-4-9-17/h5-7,10-13,16-17H,3-4,8-9,14-15H2,1-2H3,(H,25,31)(H,26,30). The van der Waals surface area contributed by atoms with Crippen LogP contribution in [0.4, 0.5) is 5.69 Å². The first-order valence-corrected chi connectivity index (χ1v) is 12.3. The summed E-state index contributed by atoms with van der Waals surface area (Å²) in [7, 11) is 0. The van der Waals surface area contributed by atoms with Crippen LogP contribution >= 0.6 is 11.8 Å². The number of thioether (sulfide) groups is 1. The molecule has 8 nitrogen and oxygen atoms in total. The number of nitrogens with one attached hydrogen (secondary N) is 2. The highest BCUT2D eigenvalue weighted by Gasteiger charge is 2.21. The second-order valence-electron chi connectivity index (χ2n) is 8.63. The fourth-order valence-corrected chi connectivity index (χ4v) is 4.70. The molecule has 2 amide bonds. The summed E-state index contributed by atoms with van der Waals surface area (Å²) in [6.45, 7) is 4.93. The van der Waals surface area contributed by atoms with Gasteiger partial charge in [0.1, 0.15) is 0 Å². The number of hydrogen-bond donors (Lipinski definition) is 2. The van der Waals surface area contributed by atoms with Crippen molar-refractivity contribution in [3.8, 4) is 11.6 Å². The van der Waals surface area contributed by atoms with Crippen LogP contribution < -0.4 is 10.6 Å². The molecule has 4 rings (SSSR count). The Balaban J connectivity index is 1.42. The Bertz CT molecular complexity index is 1090. The van der Waals surface area contributed by atoms with Crippen LogP contribution in [0, 0.1) is 5.92 Å². The van der Waals surface area contributed by atoms with Gasteiger partial charge in [-0.05, 0) is 43.0 Å². The Morgan fingerprint density at radius 3 is 2.67 bits per heavy atom. The summed E-state index contributed by atoms with van der Waals surface area (Å²) < 4.78 is 7.47. The van der Waals surface area contributed by atoms with Crippen LogP contribution in [0.2, 0.25) is 0 Å². The number of nitrogens with zero attached hydrogens (tertiary/aromatic N) is 3. The molecule has 2 aromatic heterocycles. The molecule has 0 aliphatic heterocycles. The molecule has 0 saturated heterocycles. The number of hydrogen-bond acceptors (Lipinski definition) is 6. The average Bonchev–Trinajstić information content (AvgIpc) is 3.55. The fraction of sp³-hybridized carbons (Fsp3) is 0.417. The summed E-state index contributed by atoms with van der Waals surface area (Å²) in [6.07, 6.45) is 5.90. The second kappa shape index (κ2) is 10.7. The second-order valence-corrected chi connectivity index (χ2v) is 9.57. The first kappa shape index (κ1) is 23.1. The van der Waals surface area contributed by atoms with E-state index in [0.29, 0.717) is 40.5 Å². The molecule has 9 heteroatoms. The summed E-state index contributed by atoms with van der Waals surface area (Å²) in [5, 5.41) is 15.2. The largest absolute Gasteiger partial charge is 0.461 e. The van der Waals surface area contributed by atoms with Crippen LogP contribution in [0.5, 0.6) is 0 Å². The smallest absolute Gasteiger partial charge is 0.253 e. The van der Waals surface area contributed by atoms with Gasteiger partial charge >= 0.3 is 0 Å². The molecule has 1 aliphatic rings. The number of aromatic nitrogens is 3. The number of para-hydroxylation sites is 1. The predicted molar refractivity (Wildman–Crippen MR) is 128 cm³/mol. The van der Waals surface area contributed by atoms with E-state index in [1.165, 1.54) is 11.8 Å². The van der Waals surface area contributed by atoms with Gasteiger partial charge in [0.15, 0.2) is 16.7 Å². The third-order valence-electron chi connectivity index (χ3n) is 5.47. The van der Waals surface area contributed by atoms with Crippen molar-refractivity contribution in [2.75, 3.05) is 11.1 Å². The lowest BCUT2D eigenvalue weighted by atomic mass is 10.1. The van der Waals surface area contributed by atoms with Crippen LogP contribution in [-0.2, 0) is 11.3 Å². The van der Waals surface area contributed by atoms with Crippen molar-refractivity contribution >= 4 is 29.3 Å². The maximum absolute atomic E-state index is 12.7. The van der Waals surface area contributed by atoms with Crippen molar-refractivity contribution in [2.24, 2.45) is 5.92 Å². The molecule has 2 heterocycles. The van der Waals surface area contributed by atoms with Gasteiger partial charge in [0.05, 0.1) is 23.3 Å². The summed E-state index contributed by atoms with van der Waals surface area (Å²) in [5.41, 5.74) is 0.990. The van der Waals surface area contributed by atoms with E-state index >= 15 is 0 Å². The number of furan rings is 1. The molecule has 0 bridgehead atoms. The zero-order chi connectivity index (χ0) is 23.2. The summed E-state index contributed by atoms with van der Waals surface area (Å²) in [5.74, 6) is 1.44. The molecular formula is C24H29N5O3S. The normalized spacial score (nSPS) is 14.0. The van der Waals surface area contributed by atoms with Crippen molar-refractivity contribution in [3.63, 3.8) is 0 Å². The van der Waals surface area contributed by atoms with E-state index in [9.17, 15) is 9.59 Å². The Labute approximate surface area is 197 Å². The maximum Gasteiger partial charge on any atom is 0.253 e. The number of carbonyl (C=O) groups is 2. The number of anilines is 1. The van der Waals surface area contributed by atoms with Gasteiger partial charge in [-0.2, -0.15) is 0 Å². The van der Waals surface area contributed by atoms with Crippen LogP contribution in [0.25, 0.3) is 11.6 Å². The number of rotatable bonds is 9. The van der Waals surface area contributed by atoms with Gasteiger partial charge in [0.25, 0.3) is 5.91 Å². The van der Waals surface area contributed by atoms with Crippen molar-refractivity contribution < 1.29 is 14.0 Å². The number of benzene rings is 1. The Hall–Kier alpha value is -3.07. The third-order valence-corrected chi connectivity index (χ3v) is 6.44. The SMILES string of the molecule is CC(C)Cn1c(SCC(=O)Nc2ccccc2C(=O)NC2CCCC2)nnc1-c1ccco1.